The average molecular weight is 218 g/mol. The number of hydrogen-bond acceptors (Lipinski definition) is 4. The third-order valence-electron chi connectivity index (χ3n) is 2.38. The molecule has 1 fully saturated rings. The van der Waals surface area contributed by atoms with Crippen LogP contribution in [0.25, 0.3) is 0 Å². The van der Waals surface area contributed by atoms with Gasteiger partial charge in [0.25, 0.3) is 5.91 Å². The van der Waals surface area contributed by atoms with Crippen molar-refractivity contribution >= 4 is 11.6 Å². The number of amides is 1. The fourth-order valence-electron chi connectivity index (χ4n) is 1.58. The van der Waals surface area contributed by atoms with E-state index in [1.165, 1.54) is 23.1 Å². The Kier molecular flexibility index (Phi) is 2.75. The lowest BCUT2D eigenvalue weighted by Gasteiger charge is -2.27. The standard InChI is InChI=1S/C11H10N2O3/c12-6-8-1-2-10(14)9(5-8)13-3-4-16-7-11(13)15/h1-2,5,14H,3-4,7H2. The minimum atomic E-state index is -0.211. The molecule has 1 saturated heterocycles. The topological polar surface area (TPSA) is 73.6 Å². The van der Waals surface area contributed by atoms with Gasteiger partial charge in [0.05, 0.1) is 23.9 Å². The van der Waals surface area contributed by atoms with E-state index in [0.29, 0.717) is 24.4 Å². The number of phenols is 1. The second-order valence-electron chi connectivity index (χ2n) is 3.41. The van der Waals surface area contributed by atoms with E-state index in [4.69, 9.17) is 10.00 Å². The number of ether oxygens (including phenoxy) is 1. The summed E-state index contributed by atoms with van der Waals surface area (Å²) in [5.74, 6) is -0.217. The zero-order chi connectivity index (χ0) is 11.5. The molecule has 1 aromatic carbocycles. The molecule has 0 radical (unpaired) electrons. The number of rotatable bonds is 1. The van der Waals surface area contributed by atoms with Gasteiger partial charge in [-0.1, -0.05) is 0 Å². The molecule has 2 rings (SSSR count). The smallest absolute Gasteiger partial charge is 0.253 e. The number of benzene rings is 1. The number of hydrogen-bond donors (Lipinski definition) is 1. The molecule has 0 aliphatic carbocycles. The molecular weight excluding hydrogens is 208 g/mol. The van der Waals surface area contributed by atoms with Gasteiger partial charge >= 0.3 is 0 Å². The fourth-order valence-corrected chi connectivity index (χ4v) is 1.58. The summed E-state index contributed by atoms with van der Waals surface area (Å²) in [7, 11) is 0. The summed E-state index contributed by atoms with van der Waals surface area (Å²) in [5.41, 5.74) is 0.777. The van der Waals surface area contributed by atoms with Crippen LogP contribution in [0.4, 0.5) is 5.69 Å². The molecule has 1 amide bonds. The van der Waals surface area contributed by atoms with Gasteiger partial charge in [0.15, 0.2) is 0 Å². The minimum Gasteiger partial charge on any atom is -0.506 e. The van der Waals surface area contributed by atoms with E-state index in [9.17, 15) is 9.90 Å². The molecule has 0 saturated carbocycles. The number of anilines is 1. The van der Waals surface area contributed by atoms with Crippen LogP contribution in [0.5, 0.6) is 5.75 Å². The molecule has 82 valence electrons. The molecule has 0 unspecified atom stereocenters. The van der Waals surface area contributed by atoms with Crippen LogP contribution in [0.3, 0.4) is 0 Å². The Morgan fingerprint density at radius 1 is 1.50 bits per heavy atom. The van der Waals surface area contributed by atoms with Gasteiger partial charge < -0.3 is 14.7 Å². The molecule has 0 bridgehead atoms. The van der Waals surface area contributed by atoms with Crippen molar-refractivity contribution in [1.82, 2.24) is 0 Å². The van der Waals surface area contributed by atoms with Crippen LogP contribution in [0.15, 0.2) is 18.2 Å². The van der Waals surface area contributed by atoms with Crippen molar-refractivity contribution in [3.8, 4) is 11.8 Å². The maximum Gasteiger partial charge on any atom is 0.253 e. The average Bonchev–Trinajstić information content (AvgIpc) is 2.31. The van der Waals surface area contributed by atoms with Crippen molar-refractivity contribution in [2.24, 2.45) is 0 Å². The molecule has 5 heteroatoms. The molecule has 0 aromatic heterocycles. The number of morpholine rings is 1. The normalized spacial score (nSPS) is 15.9. The summed E-state index contributed by atoms with van der Waals surface area (Å²) >= 11 is 0. The predicted molar refractivity (Wildman–Crippen MR) is 56.0 cm³/mol. The maximum atomic E-state index is 11.6. The van der Waals surface area contributed by atoms with E-state index in [1.807, 2.05) is 6.07 Å². The van der Waals surface area contributed by atoms with Gasteiger partial charge in [-0.15, -0.1) is 0 Å². The number of phenolic OH excluding ortho intramolecular Hbond substituents is 1. The van der Waals surface area contributed by atoms with E-state index in [1.54, 1.807) is 0 Å². The number of aromatic hydroxyl groups is 1. The summed E-state index contributed by atoms with van der Waals surface area (Å²) < 4.78 is 4.99. The number of carbonyl (C=O) groups is 1. The molecule has 1 aliphatic heterocycles. The summed E-state index contributed by atoms with van der Waals surface area (Å²) in [5, 5.41) is 18.4. The summed E-state index contributed by atoms with van der Waals surface area (Å²) in [6, 6.07) is 6.38. The van der Waals surface area contributed by atoms with Crippen molar-refractivity contribution in [3.05, 3.63) is 23.8 Å². The molecule has 1 aromatic rings. The van der Waals surface area contributed by atoms with Crippen LogP contribution < -0.4 is 4.90 Å². The highest BCUT2D eigenvalue weighted by molar-refractivity contribution is 5.96. The van der Waals surface area contributed by atoms with Crippen molar-refractivity contribution in [3.63, 3.8) is 0 Å². The number of carbonyl (C=O) groups excluding carboxylic acids is 1. The molecule has 0 atom stereocenters. The van der Waals surface area contributed by atoms with E-state index in [2.05, 4.69) is 0 Å². The Morgan fingerprint density at radius 3 is 3.00 bits per heavy atom. The lowest BCUT2D eigenvalue weighted by Crippen LogP contribution is -2.41. The van der Waals surface area contributed by atoms with Gasteiger partial charge in [-0.25, -0.2) is 0 Å². The number of nitrogens with zero attached hydrogens (tertiary/aromatic N) is 2. The lowest BCUT2D eigenvalue weighted by molar-refractivity contribution is -0.125. The first-order valence-electron chi connectivity index (χ1n) is 4.83. The highest BCUT2D eigenvalue weighted by atomic mass is 16.5. The van der Waals surface area contributed by atoms with Crippen LogP contribution >= 0.6 is 0 Å². The molecule has 1 aliphatic rings. The summed E-state index contributed by atoms with van der Waals surface area (Å²) in [4.78, 5) is 13.0. The van der Waals surface area contributed by atoms with Crippen molar-refractivity contribution in [2.45, 2.75) is 0 Å². The highest BCUT2D eigenvalue weighted by Crippen LogP contribution is 2.28. The SMILES string of the molecule is N#Cc1ccc(O)c(N2CCOCC2=O)c1. The Morgan fingerprint density at radius 2 is 2.31 bits per heavy atom. The van der Waals surface area contributed by atoms with Gasteiger partial charge in [0.2, 0.25) is 0 Å². The van der Waals surface area contributed by atoms with Gasteiger partial charge in [-0.05, 0) is 18.2 Å². The van der Waals surface area contributed by atoms with Crippen molar-refractivity contribution < 1.29 is 14.6 Å². The monoisotopic (exact) mass is 218 g/mol. The van der Waals surface area contributed by atoms with Crippen LogP contribution in [0.1, 0.15) is 5.56 Å². The Labute approximate surface area is 92.5 Å². The van der Waals surface area contributed by atoms with Gasteiger partial charge in [-0.3, -0.25) is 4.79 Å². The fraction of sp³-hybridized carbons (Fsp3) is 0.273. The van der Waals surface area contributed by atoms with E-state index < -0.39 is 0 Å². The second kappa shape index (κ2) is 4.21. The quantitative estimate of drug-likeness (QED) is 0.750. The van der Waals surface area contributed by atoms with Crippen LogP contribution in [-0.2, 0) is 9.53 Å². The van der Waals surface area contributed by atoms with Crippen LogP contribution in [0.2, 0.25) is 0 Å². The zero-order valence-electron chi connectivity index (χ0n) is 8.51. The van der Waals surface area contributed by atoms with Crippen molar-refractivity contribution in [1.29, 1.82) is 5.26 Å². The largest absolute Gasteiger partial charge is 0.506 e. The Balaban J connectivity index is 2.38. The van der Waals surface area contributed by atoms with Gasteiger partial charge in [0.1, 0.15) is 12.4 Å². The minimum absolute atomic E-state index is 0.00532. The van der Waals surface area contributed by atoms with Gasteiger partial charge in [0, 0.05) is 6.54 Å². The first kappa shape index (κ1) is 10.5. The second-order valence-corrected chi connectivity index (χ2v) is 3.41. The molecule has 16 heavy (non-hydrogen) atoms. The maximum absolute atomic E-state index is 11.6. The summed E-state index contributed by atoms with van der Waals surface area (Å²) in [6.07, 6.45) is 0. The first-order valence-corrected chi connectivity index (χ1v) is 4.83. The van der Waals surface area contributed by atoms with Gasteiger partial charge in [-0.2, -0.15) is 5.26 Å². The lowest BCUT2D eigenvalue weighted by atomic mass is 10.1. The van der Waals surface area contributed by atoms with Crippen LogP contribution in [-0.4, -0.2) is 30.8 Å². The van der Waals surface area contributed by atoms with E-state index >= 15 is 0 Å². The Bertz CT molecular complexity index is 465. The molecule has 5 nitrogen and oxygen atoms in total. The first-order chi connectivity index (χ1) is 7.72. The van der Waals surface area contributed by atoms with E-state index in [-0.39, 0.29) is 18.3 Å². The molecule has 1 N–H and O–H groups in total. The zero-order valence-corrected chi connectivity index (χ0v) is 8.51. The predicted octanol–water partition coefficient (Wildman–Crippen LogP) is 0.627. The Hall–Kier alpha value is -2.06. The van der Waals surface area contributed by atoms with Crippen molar-refractivity contribution in [2.75, 3.05) is 24.7 Å². The number of nitriles is 1. The third-order valence-corrected chi connectivity index (χ3v) is 2.38. The molecule has 1 heterocycles. The van der Waals surface area contributed by atoms with E-state index in [0.717, 1.165) is 0 Å². The molecular formula is C11H10N2O3. The third kappa shape index (κ3) is 1.83. The molecule has 0 spiro atoms. The summed E-state index contributed by atoms with van der Waals surface area (Å²) in [6.45, 7) is 0.833. The van der Waals surface area contributed by atoms with Crippen LogP contribution in [0, 0.1) is 11.3 Å². The highest BCUT2D eigenvalue weighted by Gasteiger charge is 2.22.